The van der Waals surface area contributed by atoms with Gasteiger partial charge in [-0.25, -0.2) is 0 Å². The summed E-state index contributed by atoms with van der Waals surface area (Å²) >= 11 is 0. The van der Waals surface area contributed by atoms with E-state index >= 15 is 0 Å². The van der Waals surface area contributed by atoms with Gasteiger partial charge >= 0.3 is 0 Å². The molecule has 92 valence electrons. The number of benzene rings is 2. The highest BCUT2D eigenvalue weighted by molar-refractivity contribution is 6.13. The molecule has 2 aromatic rings. The molecule has 0 aromatic heterocycles. The number of rotatable bonds is 1. The molecule has 19 heavy (non-hydrogen) atoms. The standard InChI is InChI=1S/C17H14N2/c1-2-6-13(7-3-1)15-12-19-16-9-5-4-8-14(16)10-11-17(19)18-15/h1-11,15H,12H2/t15-/m1/s1. The minimum atomic E-state index is 0.243. The Hall–Kier alpha value is -2.35. The summed E-state index contributed by atoms with van der Waals surface area (Å²) in [7, 11) is 0. The van der Waals surface area contributed by atoms with Crippen LogP contribution in [0.4, 0.5) is 5.69 Å². The Balaban J connectivity index is 1.73. The van der Waals surface area contributed by atoms with Gasteiger partial charge < -0.3 is 4.90 Å². The summed E-state index contributed by atoms with van der Waals surface area (Å²) in [5.41, 5.74) is 3.83. The van der Waals surface area contributed by atoms with E-state index in [0.717, 1.165) is 12.4 Å². The lowest BCUT2D eigenvalue weighted by molar-refractivity contribution is 0.780. The molecule has 0 radical (unpaired) electrons. The van der Waals surface area contributed by atoms with Gasteiger partial charge in [0.05, 0.1) is 12.6 Å². The van der Waals surface area contributed by atoms with Crippen LogP contribution in [0.1, 0.15) is 17.2 Å². The molecule has 0 saturated carbocycles. The summed E-state index contributed by atoms with van der Waals surface area (Å²) in [6, 6.07) is 19.3. The Morgan fingerprint density at radius 3 is 2.58 bits per heavy atom. The van der Waals surface area contributed by atoms with E-state index in [0.29, 0.717) is 0 Å². The lowest BCUT2D eigenvalue weighted by atomic mass is 10.1. The van der Waals surface area contributed by atoms with Crippen LogP contribution in [-0.2, 0) is 0 Å². The van der Waals surface area contributed by atoms with Gasteiger partial charge in [0.25, 0.3) is 0 Å². The van der Waals surface area contributed by atoms with Gasteiger partial charge in [-0.1, -0.05) is 48.5 Å². The molecule has 2 heterocycles. The van der Waals surface area contributed by atoms with Crippen LogP contribution in [0, 0.1) is 0 Å². The second-order valence-corrected chi connectivity index (χ2v) is 4.92. The van der Waals surface area contributed by atoms with Crippen molar-refractivity contribution in [3.05, 3.63) is 71.8 Å². The molecule has 2 heteroatoms. The first-order chi connectivity index (χ1) is 9.42. The van der Waals surface area contributed by atoms with Crippen LogP contribution in [0.15, 0.2) is 65.7 Å². The number of hydrogen-bond acceptors (Lipinski definition) is 2. The summed E-state index contributed by atoms with van der Waals surface area (Å²) in [5.74, 6) is 1.08. The summed E-state index contributed by atoms with van der Waals surface area (Å²) < 4.78 is 0. The zero-order valence-electron chi connectivity index (χ0n) is 10.5. The molecule has 0 aliphatic carbocycles. The van der Waals surface area contributed by atoms with Crippen molar-refractivity contribution in [2.24, 2.45) is 4.99 Å². The molecule has 1 atom stereocenters. The number of anilines is 1. The highest BCUT2D eigenvalue weighted by Crippen LogP contribution is 2.34. The van der Waals surface area contributed by atoms with Crippen molar-refractivity contribution in [3.8, 4) is 0 Å². The first-order valence-corrected chi connectivity index (χ1v) is 6.59. The Bertz CT molecular complexity index is 671. The quantitative estimate of drug-likeness (QED) is 0.749. The van der Waals surface area contributed by atoms with Crippen molar-refractivity contribution >= 4 is 17.6 Å². The molecule has 0 bridgehead atoms. The van der Waals surface area contributed by atoms with Crippen LogP contribution in [-0.4, -0.2) is 12.4 Å². The summed E-state index contributed by atoms with van der Waals surface area (Å²) in [6.45, 7) is 0.931. The highest BCUT2D eigenvalue weighted by Gasteiger charge is 2.28. The van der Waals surface area contributed by atoms with Gasteiger partial charge in [0.1, 0.15) is 5.84 Å². The van der Waals surface area contributed by atoms with E-state index in [1.54, 1.807) is 0 Å². The maximum Gasteiger partial charge on any atom is 0.128 e. The van der Waals surface area contributed by atoms with Gasteiger partial charge in [0, 0.05) is 5.69 Å². The van der Waals surface area contributed by atoms with E-state index < -0.39 is 0 Å². The smallest absolute Gasteiger partial charge is 0.128 e. The topological polar surface area (TPSA) is 15.6 Å². The fraction of sp³-hybridized carbons (Fsp3) is 0.118. The summed E-state index contributed by atoms with van der Waals surface area (Å²) in [4.78, 5) is 7.15. The molecule has 0 amide bonds. The largest absolute Gasteiger partial charge is 0.324 e. The number of amidine groups is 1. The van der Waals surface area contributed by atoms with Crippen molar-refractivity contribution in [2.45, 2.75) is 6.04 Å². The van der Waals surface area contributed by atoms with E-state index in [-0.39, 0.29) is 6.04 Å². The number of nitrogens with zero attached hydrogens (tertiary/aromatic N) is 2. The molecule has 0 N–H and O–H groups in total. The fourth-order valence-electron chi connectivity index (χ4n) is 2.79. The molecule has 2 aliphatic rings. The van der Waals surface area contributed by atoms with E-state index in [1.807, 2.05) is 6.07 Å². The van der Waals surface area contributed by atoms with Crippen molar-refractivity contribution < 1.29 is 0 Å². The second-order valence-electron chi connectivity index (χ2n) is 4.92. The molecule has 4 rings (SSSR count). The number of fused-ring (bicyclic) bond motifs is 3. The van der Waals surface area contributed by atoms with Gasteiger partial charge in [0.15, 0.2) is 0 Å². The highest BCUT2D eigenvalue weighted by atomic mass is 15.3. The second kappa shape index (κ2) is 4.09. The van der Waals surface area contributed by atoms with Gasteiger partial charge in [-0.3, -0.25) is 4.99 Å². The molecule has 0 spiro atoms. The first-order valence-electron chi connectivity index (χ1n) is 6.59. The van der Waals surface area contributed by atoms with Crippen LogP contribution in [0.2, 0.25) is 0 Å². The molecule has 2 aliphatic heterocycles. The third-order valence-electron chi connectivity index (χ3n) is 3.74. The summed E-state index contributed by atoms with van der Waals surface area (Å²) in [5, 5.41) is 0. The minimum Gasteiger partial charge on any atom is -0.324 e. The minimum absolute atomic E-state index is 0.243. The van der Waals surface area contributed by atoms with E-state index in [2.05, 4.69) is 65.6 Å². The third kappa shape index (κ3) is 1.68. The number of hydrogen-bond donors (Lipinski definition) is 0. The predicted molar refractivity (Wildman–Crippen MR) is 79.4 cm³/mol. The zero-order chi connectivity index (χ0) is 12.7. The first kappa shape index (κ1) is 10.6. The average Bonchev–Trinajstić information content (AvgIpc) is 2.93. The Kier molecular flexibility index (Phi) is 2.27. The van der Waals surface area contributed by atoms with Gasteiger partial charge in [-0.05, 0) is 29.3 Å². The predicted octanol–water partition coefficient (Wildman–Crippen LogP) is 3.67. The van der Waals surface area contributed by atoms with Crippen molar-refractivity contribution in [3.63, 3.8) is 0 Å². The van der Waals surface area contributed by atoms with Crippen LogP contribution in [0.5, 0.6) is 0 Å². The van der Waals surface area contributed by atoms with Crippen molar-refractivity contribution in [2.75, 3.05) is 11.4 Å². The molecular formula is C17H14N2. The summed E-state index contributed by atoms with van der Waals surface area (Å²) in [6.07, 6.45) is 4.27. The van der Waals surface area contributed by atoms with E-state index in [1.165, 1.54) is 16.8 Å². The lowest BCUT2D eigenvalue weighted by Crippen LogP contribution is -2.28. The maximum absolute atomic E-state index is 4.83. The van der Waals surface area contributed by atoms with Crippen LogP contribution < -0.4 is 4.90 Å². The van der Waals surface area contributed by atoms with E-state index in [9.17, 15) is 0 Å². The van der Waals surface area contributed by atoms with Gasteiger partial charge in [-0.15, -0.1) is 0 Å². The lowest BCUT2D eigenvalue weighted by Gasteiger charge is -2.24. The Morgan fingerprint density at radius 2 is 1.68 bits per heavy atom. The molecule has 0 unspecified atom stereocenters. The molecular weight excluding hydrogens is 232 g/mol. The molecule has 2 nitrogen and oxygen atoms in total. The van der Waals surface area contributed by atoms with Crippen LogP contribution in [0.3, 0.4) is 0 Å². The zero-order valence-corrected chi connectivity index (χ0v) is 10.5. The van der Waals surface area contributed by atoms with Crippen LogP contribution >= 0.6 is 0 Å². The fourth-order valence-corrected chi connectivity index (χ4v) is 2.79. The Morgan fingerprint density at radius 1 is 0.895 bits per heavy atom. The SMILES string of the molecule is C1=Cc2ccccc2N2C[C@H](c3ccccc3)N=C12. The normalized spacial score (nSPS) is 19.9. The number of aliphatic imine (C=N–C) groups is 1. The molecule has 2 aromatic carbocycles. The number of para-hydroxylation sites is 1. The van der Waals surface area contributed by atoms with Crippen molar-refractivity contribution in [1.82, 2.24) is 0 Å². The maximum atomic E-state index is 4.83. The molecule has 0 saturated heterocycles. The van der Waals surface area contributed by atoms with Gasteiger partial charge in [-0.2, -0.15) is 0 Å². The monoisotopic (exact) mass is 246 g/mol. The molecule has 0 fully saturated rings. The van der Waals surface area contributed by atoms with E-state index in [4.69, 9.17) is 4.99 Å². The average molecular weight is 246 g/mol. The van der Waals surface area contributed by atoms with Crippen LogP contribution in [0.25, 0.3) is 6.08 Å². The van der Waals surface area contributed by atoms with Crippen molar-refractivity contribution in [1.29, 1.82) is 0 Å². The van der Waals surface area contributed by atoms with Gasteiger partial charge in [0.2, 0.25) is 0 Å². The Labute approximate surface area is 112 Å². The third-order valence-corrected chi connectivity index (χ3v) is 3.74.